The summed E-state index contributed by atoms with van der Waals surface area (Å²) in [6.45, 7) is 6.08. The summed E-state index contributed by atoms with van der Waals surface area (Å²) < 4.78 is 33.4. The van der Waals surface area contributed by atoms with Crippen LogP contribution < -0.4 is 15.5 Å². The lowest BCUT2D eigenvalue weighted by Crippen LogP contribution is -2.32. The highest BCUT2D eigenvalue weighted by molar-refractivity contribution is 5.62. The number of hydrogen-bond donors (Lipinski definition) is 1. The summed E-state index contributed by atoms with van der Waals surface area (Å²) in [7, 11) is 0. The van der Waals surface area contributed by atoms with Crippen LogP contribution in [-0.2, 0) is 28.5 Å². The lowest BCUT2D eigenvalue weighted by atomic mass is 10.2. The van der Waals surface area contributed by atoms with Gasteiger partial charge in [-0.25, -0.2) is 5.90 Å². The van der Waals surface area contributed by atoms with Gasteiger partial charge in [0.1, 0.15) is 19.0 Å². The lowest BCUT2D eigenvalue weighted by Gasteiger charge is -2.27. The SMILES string of the molecule is NOCCOc1cc([N+](=O)[O-])ccc1N1CCOCCOCCOCCOCCOCC1. The predicted octanol–water partition coefficient (Wildman–Crippen LogP) is 0.767. The Balaban J connectivity index is 2.04. The van der Waals surface area contributed by atoms with Crippen molar-refractivity contribution in [3.63, 3.8) is 0 Å². The van der Waals surface area contributed by atoms with Crippen LogP contribution in [0.3, 0.4) is 0 Å². The third-order valence-corrected chi connectivity index (χ3v) is 4.45. The second-order valence-corrected chi connectivity index (χ2v) is 6.68. The molecule has 12 nitrogen and oxygen atoms in total. The average Bonchev–Trinajstić information content (AvgIpc) is 2.79. The molecule has 1 aliphatic heterocycles. The van der Waals surface area contributed by atoms with E-state index in [9.17, 15) is 10.1 Å². The van der Waals surface area contributed by atoms with Gasteiger partial charge < -0.3 is 38.2 Å². The molecule has 0 unspecified atom stereocenters. The number of nitro groups is 1. The van der Waals surface area contributed by atoms with Gasteiger partial charge in [-0.2, -0.15) is 0 Å². The fourth-order valence-corrected chi connectivity index (χ4v) is 2.88. The Labute approximate surface area is 187 Å². The molecule has 0 aromatic heterocycles. The van der Waals surface area contributed by atoms with E-state index in [1.54, 1.807) is 6.07 Å². The van der Waals surface area contributed by atoms with Crippen molar-refractivity contribution in [1.82, 2.24) is 0 Å². The number of rotatable bonds is 6. The molecule has 0 aliphatic carbocycles. The van der Waals surface area contributed by atoms with Crippen LogP contribution in [0.5, 0.6) is 5.75 Å². The van der Waals surface area contributed by atoms with E-state index < -0.39 is 4.92 Å². The van der Waals surface area contributed by atoms with Gasteiger partial charge in [0, 0.05) is 19.2 Å². The van der Waals surface area contributed by atoms with Crippen molar-refractivity contribution in [2.75, 3.05) is 97.3 Å². The Hall–Kier alpha value is -2.06. The zero-order valence-electron chi connectivity index (χ0n) is 18.3. The maximum atomic E-state index is 11.2. The number of nitro benzene ring substituents is 1. The highest BCUT2D eigenvalue weighted by atomic mass is 16.6. The summed E-state index contributed by atoms with van der Waals surface area (Å²) >= 11 is 0. The molecule has 1 saturated heterocycles. The van der Waals surface area contributed by atoms with Crippen LogP contribution >= 0.6 is 0 Å². The van der Waals surface area contributed by atoms with E-state index in [4.69, 9.17) is 34.3 Å². The minimum absolute atomic E-state index is 0.0652. The molecule has 0 atom stereocenters. The summed E-state index contributed by atoms with van der Waals surface area (Å²) in [5.41, 5.74) is 0.628. The topological polar surface area (TPSA) is 137 Å². The minimum atomic E-state index is -0.466. The van der Waals surface area contributed by atoms with Crippen LogP contribution in [0.25, 0.3) is 0 Å². The Morgan fingerprint density at radius 2 is 1.34 bits per heavy atom. The molecule has 1 aromatic carbocycles. The monoisotopic (exact) mass is 459 g/mol. The van der Waals surface area contributed by atoms with Crippen molar-refractivity contribution in [3.05, 3.63) is 28.3 Å². The molecular formula is C20H33N3O9. The smallest absolute Gasteiger partial charge is 0.273 e. The Bertz CT molecular complexity index is 633. The Morgan fingerprint density at radius 3 is 1.81 bits per heavy atom. The van der Waals surface area contributed by atoms with Gasteiger partial charge in [0.2, 0.25) is 0 Å². The highest BCUT2D eigenvalue weighted by Gasteiger charge is 2.17. The summed E-state index contributed by atoms with van der Waals surface area (Å²) in [5, 5.41) is 11.2. The first-order valence-electron chi connectivity index (χ1n) is 10.6. The van der Waals surface area contributed by atoms with E-state index in [1.807, 2.05) is 4.90 Å². The molecule has 2 rings (SSSR count). The van der Waals surface area contributed by atoms with Crippen LogP contribution in [0, 0.1) is 10.1 Å². The number of benzene rings is 1. The number of non-ortho nitro benzene ring substituents is 1. The van der Waals surface area contributed by atoms with Gasteiger partial charge in [-0.1, -0.05) is 0 Å². The van der Waals surface area contributed by atoms with E-state index in [2.05, 4.69) is 4.84 Å². The molecule has 1 aliphatic rings. The number of nitrogens with zero attached hydrogens (tertiary/aromatic N) is 2. The van der Waals surface area contributed by atoms with Crippen molar-refractivity contribution in [2.24, 2.45) is 5.90 Å². The van der Waals surface area contributed by atoms with Crippen LogP contribution in [0.2, 0.25) is 0 Å². The average molecular weight is 459 g/mol. The fraction of sp³-hybridized carbons (Fsp3) is 0.700. The summed E-state index contributed by atoms with van der Waals surface area (Å²) in [4.78, 5) is 17.3. The van der Waals surface area contributed by atoms with Gasteiger partial charge in [-0.3, -0.25) is 10.1 Å². The summed E-state index contributed by atoms with van der Waals surface area (Å²) in [5.74, 6) is 5.42. The molecule has 0 spiro atoms. The first-order chi connectivity index (χ1) is 15.7. The quantitative estimate of drug-likeness (QED) is 0.367. The summed E-state index contributed by atoms with van der Waals surface area (Å²) in [6, 6.07) is 4.50. The highest BCUT2D eigenvalue weighted by Crippen LogP contribution is 2.32. The Kier molecular flexibility index (Phi) is 13.6. The standard InChI is InChI=1S/C20H33N3O9/c21-32-16-15-31-20-17-18(23(24)25)1-2-19(20)22-3-5-26-7-9-28-11-13-30-14-12-29-10-8-27-6-4-22/h1-2,17H,3-16,21H2. The minimum Gasteiger partial charge on any atom is -0.489 e. The molecule has 1 aromatic rings. The molecule has 2 N–H and O–H groups in total. The molecule has 1 fully saturated rings. The van der Waals surface area contributed by atoms with Gasteiger partial charge >= 0.3 is 0 Å². The van der Waals surface area contributed by atoms with Crippen molar-refractivity contribution >= 4 is 11.4 Å². The van der Waals surface area contributed by atoms with E-state index in [0.29, 0.717) is 90.6 Å². The molecule has 0 saturated carbocycles. The zero-order valence-corrected chi connectivity index (χ0v) is 18.3. The number of anilines is 1. The first kappa shape index (κ1) is 26.2. The van der Waals surface area contributed by atoms with E-state index in [-0.39, 0.29) is 18.9 Å². The van der Waals surface area contributed by atoms with Gasteiger partial charge in [0.15, 0.2) is 0 Å². The van der Waals surface area contributed by atoms with Crippen LogP contribution in [-0.4, -0.2) is 97.3 Å². The fourth-order valence-electron chi connectivity index (χ4n) is 2.88. The molecule has 12 heteroatoms. The van der Waals surface area contributed by atoms with Crippen molar-refractivity contribution in [3.8, 4) is 5.75 Å². The number of nitrogens with two attached hydrogens (primary N) is 1. The summed E-state index contributed by atoms with van der Waals surface area (Å²) in [6.07, 6.45) is 0. The molecule has 182 valence electrons. The maximum absolute atomic E-state index is 11.2. The normalized spacial score (nSPS) is 18.5. The number of ether oxygens (including phenoxy) is 6. The van der Waals surface area contributed by atoms with Crippen LogP contribution in [0.1, 0.15) is 0 Å². The largest absolute Gasteiger partial charge is 0.489 e. The second kappa shape index (κ2) is 16.6. The Morgan fingerprint density at radius 1 is 0.844 bits per heavy atom. The molecular weight excluding hydrogens is 426 g/mol. The van der Waals surface area contributed by atoms with E-state index in [0.717, 1.165) is 0 Å². The third-order valence-electron chi connectivity index (χ3n) is 4.45. The van der Waals surface area contributed by atoms with Gasteiger partial charge in [-0.15, -0.1) is 0 Å². The second-order valence-electron chi connectivity index (χ2n) is 6.68. The molecule has 0 radical (unpaired) electrons. The zero-order chi connectivity index (χ0) is 22.9. The lowest BCUT2D eigenvalue weighted by molar-refractivity contribution is -0.384. The maximum Gasteiger partial charge on any atom is 0.273 e. The van der Waals surface area contributed by atoms with Gasteiger partial charge in [0.25, 0.3) is 5.69 Å². The third kappa shape index (κ3) is 10.5. The van der Waals surface area contributed by atoms with Crippen molar-refractivity contribution in [1.29, 1.82) is 0 Å². The van der Waals surface area contributed by atoms with E-state index >= 15 is 0 Å². The van der Waals surface area contributed by atoms with Gasteiger partial charge in [-0.05, 0) is 6.07 Å². The van der Waals surface area contributed by atoms with E-state index in [1.165, 1.54) is 12.1 Å². The molecule has 0 bridgehead atoms. The molecule has 0 amide bonds. The van der Waals surface area contributed by atoms with Gasteiger partial charge in [0.05, 0.1) is 82.7 Å². The number of hydrogen-bond acceptors (Lipinski definition) is 11. The molecule has 1 heterocycles. The van der Waals surface area contributed by atoms with Crippen LogP contribution in [0.15, 0.2) is 18.2 Å². The van der Waals surface area contributed by atoms with Crippen LogP contribution in [0.4, 0.5) is 11.4 Å². The van der Waals surface area contributed by atoms with Crippen molar-refractivity contribution < 1.29 is 38.2 Å². The van der Waals surface area contributed by atoms with Crippen molar-refractivity contribution in [2.45, 2.75) is 0 Å². The molecule has 32 heavy (non-hydrogen) atoms. The predicted molar refractivity (Wildman–Crippen MR) is 115 cm³/mol. The first-order valence-corrected chi connectivity index (χ1v) is 10.6.